The molecule has 2 atom stereocenters. The summed E-state index contributed by atoms with van der Waals surface area (Å²) in [4.78, 5) is 0. The van der Waals surface area contributed by atoms with Crippen molar-refractivity contribution in [1.29, 1.82) is 5.26 Å². The molecule has 82 valence electrons. The van der Waals surface area contributed by atoms with Gasteiger partial charge in [-0.1, -0.05) is 33.1 Å². The predicted octanol–water partition coefficient (Wildman–Crippen LogP) is 4.10. The number of nitrogens with zero attached hydrogens (tertiary/aromatic N) is 1. The Hall–Kier alpha value is -0.160. The molecule has 1 nitrogen and oxygen atoms in total. The summed E-state index contributed by atoms with van der Waals surface area (Å²) in [5.41, 5.74) is 0. The van der Waals surface area contributed by atoms with Crippen LogP contribution >= 0.6 is 11.8 Å². The third-order valence-electron chi connectivity index (χ3n) is 2.49. The Balaban J connectivity index is 3.48. The van der Waals surface area contributed by atoms with Gasteiger partial charge < -0.3 is 0 Å². The second-order valence-corrected chi connectivity index (χ2v) is 5.06. The number of thioether (sulfide) groups is 1. The first-order chi connectivity index (χ1) is 6.74. The minimum Gasteiger partial charge on any atom is -0.198 e. The van der Waals surface area contributed by atoms with E-state index in [1.165, 1.54) is 31.4 Å². The highest BCUT2D eigenvalue weighted by atomic mass is 32.2. The van der Waals surface area contributed by atoms with Crippen LogP contribution in [0.2, 0.25) is 0 Å². The topological polar surface area (TPSA) is 23.8 Å². The fourth-order valence-electron chi connectivity index (χ4n) is 1.35. The first-order valence-corrected chi connectivity index (χ1v) is 6.87. The molecule has 0 saturated carbocycles. The Labute approximate surface area is 93.3 Å². The molecule has 2 heteroatoms. The van der Waals surface area contributed by atoms with Crippen LogP contribution in [0.5, 0.6) is 0 Å². The van der Waals surface area contributed by atoms with Crippen LogP contribution in [0.3, 0.4) is 0 Å². The van der Waals surface area contributed by atoms with E-state index in [1.807, 2.05) is 18.7 Å². The molecule has 0 aliphatic rings. The molecule has 0 radical (unpaired) electrons. The highest BCUT2D eigenvalue weighted by molar-refractivity contribution is 7.99. The van der Waals surface area contributed by atoms with Crippen LogP contribution < -0.4 is 0 Å². The van der Waals surface area contributed by atoms with Crippen molar-refractivity contribution in [2.75, 3.05) is 11.5 Å². The van der Waals surface area contributed by atoms with Crippen LogP contribution in [0, 0.1) is 23.2 Å². The molecule has 0 N–H and O–H groups in total. The summed E-state index contributed by atoms with van der Waals surface area (Å²) in [5, 5.41) is 8.64. The normalized spacial score (nSPS) is 14.7. The summed E-state index contributed by atoms with van der Waals surface area (Å²) in [6, 6.07) is 2.28. The molecule has 0 bridgehead atoms. The third kappa shape index (κ3) is 7.26. The van der Waals surface area contributed by atoms with Gasteiger partial charge in [-0.2, -0.15) is 17.0 Å². The van der Waals surface area contributed by atoms with E-state index in [-0.39, 0.29) is 5.92 Å². The lowest BCUT2D eigenvalue weighted by atomic mass is 10.0. The van der Waals surface area contributed by atoms with Crippen LogP contribution in [-0.4, -0.2) is 11.5 Å². The Morgan fingerprint density at radius 3 is 2.50 bits per heavy atom. The molecule has 0 heterocycles. The van der Waals surface area contributed by atoms with Crippen LogP contribution in [0.4, 0.5) is 0 Å². The number of nitriles is 1. The second-order valence-electron chi connectivity index (χ2n) is 3.98. The zero-order valence-electron chi connectivity index (χ0n) is 9.75. The summed E-state index contributed by atoms with van der Waals surface area (Å²) < 4.78 is 0. The van der Waals surface area contributed by atoms with Gasteiger partial charge in [0.05, 0.1) is 12.0 Å². The molecule has 0 aromatic heterocycles. The Kier molecular flexibility index (Phi) is 9.29. The average Bonchev–Trinajstić information content (AvgIpc) is 2.22. The average molecular weight is 213 g/mol. The van der Waals surface area contributed by atoms with Gasteiger partial charge in [0.15, 0.2) is 0 Å². The zero-order chi connectivity index (χ0) is 10.8. The zero-order valence-corrected chi connectivity index (χ0v) is 10.6. The van der Waals surface area contributed by atoms with E-state index >= 15 is 0 Å². The summed E-state index contributed by atoms with van der Waals surface area (Å²) >= 11 is 1.95. The van der Waals surface area contributed by atoms with E-state index in [2.05, 4.69) is 19.9 Å². The maximum Gasteiger partial charge on any atom is 0.0661 e. The van der Waals surface area contributed by atoms with E-state index in [9.17, 15) is 0 Å². The number of hydrogen-bond acceptors (Lipinski definition) is 2. The van der Waals surface area contributed by atoms with Crippen molar-refractivity contribution in [2.45, 2.75) is 46.5 Å². The lowest BCUT2D eigenvalue weighted by molar-refractivity contribution is 0.499. The van der Waals surface area contributed by atoms with Gasteiger partial charge in [-0.15, -0.1) is 0 Å². The first-order valence-electron chi connectivity index (χ1n) is 5.71. The Morgan fingerprint density at radius 2 is 2.00 bits per heavy atom. The summed E-state index contributed by atoms with van der Waals surface area (Å²) in [5.74, 6) is 3.32. The van der Waals surface area contributed by atoms with Crippen LogP contribution in [0.25, 0.3) is 0 Å². The van der Waals surface area contributed by atoms with E-state index in [0.717, 1.165) is 11.7 Å². The smallest absolute Gasteiger partial charge is 0.0661 e. The van der Waals surface area contributed by atoms with Crippen molar-refractivity contribution in [3.8, 4) is 6.07 Å². The van der Waals surface area contributed by atoms with E-state index < -0.39 is 0 Å². The van der Waals surface area contributed by atoms with Crippen LogP contribution in [0.1, 0.15) is 46.5 Å². The maximum atomic E-state index is 8.64. The molecule has 0 aliphatic heterocycles. The van der Waals surface area contributed by atoms with Gasteiger partial charge in [0.1, 0.15) is 0 Å². The Morgan fingerprint density at radius 1 is 1.29 bits per heavy atom. The van der Waals surface area contributed by atoms with Crippen LogP contribution in [0.15, 0.2) is 0 Å². The van der Waals surface area contributed by atoms with Gasteiger partial charge in [0.25, 0.3) is 0 Å². The van der Waals surface area contributed by atoms with Gasteiger partial charge in [-0.05, 0) is 25.0 Å². The highest BCUT2D eigenvalue weighted by Crippen LogP contribution is 2.19. The number of unbranched alkanes of at least 4 members (excludes halogenated alkanes) is 1. The van der Waals surface area contributed by atoms with Crippen molar-refractivity contribution in [2.24, 2.45) is 11.8 Å². The quantitative estimate of drug-likeness (QED) is 0.606. The third-order valence-corrected chi connectivity index (χ3v) is 3.93. The molecule has 0 aromatic carbocycles. The molecule has 0 amide bonds. The van der Waals surface area contributed by atoms with Gasteiger partial charge in [0.2, 0.25) is 0 Å². The standard InChI is InChI=1S/C12H23NS/c1-4-6-7-12(5-2)10-14-9-11(3)8-13/h11-12H,4-7,9-10H2,1-3H3. The highest BCUT2D eigenvalue weighted by Gasteiger charge is 2.07. The molecule has 14 heavy (non-hydrogen) atoms. The second kappa shape index (κ2) is 9.40. The fourth-order valence-corrected chi connectivity index (χ4v) is 2.65. The predicted molar refractivity (Wildman–Crippen MR) is 65.4 cm³/mol. The lowest BCUT2D eigenvalue weighted by Crippen LogP contribution is -2.04. The van der Waals surface area contributed by atoms with Crippen molar-refractivity contribution >= 4 is 11.8 Å². The fraction of sp³-hybridized carbons (Fsp3) is 0.917. The van der Waals surface area contributed by atoms with Gasteiger partial charge in [-0.25, -0.2) is 0 Å². The van der Waals surface area contributed by atoms with Crippen molar-refractivity contribution < 1.29 is 0 Å². The monoisotopic (exact) mass is 213 g/mol. The van der Waals surface area contributed by atoms with Crippen molar-refractivity contribution in [3.05, 3.63) is 0 Å². The summed E-state index contributed by atoms with van der Waals surface area (Å²) in [6.45, 7) is 6.52. The molecule has 0 spiro atoms. The van der Waals surface area contributed by atoms with E-state index in [0.29, 0.717) is 0 Å². The van der Waals surface area contributed by atoms with Crippen LogP contribution in [-0.2, 0) is 0 Å². The Bertz CT molecular complexity index is 162. The van der Waals surface area contributed by atoms with Crippen molar-refractivity contribution in [1.82, 2.24) is 0 Å². The number of hydrogen-bond donors (Lipinski definition) is 0. The van der Waals surface area contributed by atoms with E-state index in [4.69, 9.17) is 5.26 Å². The summed E-state index contributed by atoms with van der Waals surface area (Å²) in [6.07, 6.45) is 5.30. The molecular formula is C12H23NS. The van der Waals surface area contributed by atoms with E-state index in [1.54, 1.807) is 0 Å². The molecule has 0 aromatic rings. The van der Waals surface area contributed by atoms with Crippen molar-refractivity contribution in [3.63, 3.8) is 0 Å². The van der Waals surface area contributed by atoms with Gasteiger partial charge in [-0.3, -0.25) is 0 Å². The summed E-state index contributed by atoms with van der Waals surface area (Å²) in [7, 11) is 0. The molecule has 2 unspecified atom stereocenters. The molecule has 0 aliphatic carbocycles. The first kappa shape index (κ1) is 13.8. The minimum absolute atomic E-state index is 0.212. The maximum absolute atomic E-state index is 8.64. The van der Waals surface area contributed by atoms with Gasteiger partial charge >= 0.3 is 0 Å². The largest absolute Gasteiger partial charge is 0.198 e. The minimum atomic E-state index is 0.212. The lowest BCUT2D eigenvalue weighted by Gasteiger charge is -2.13. The SMILES string of the molecule is CCCCC(CC)CSCC(C)C#N. The molecular weight excluding hydrogens is 190 g/mol. The van der Waals surface area contributed by atoms with Gasteiger partial charge in [0, 0.05) is 5.75 Å². The molecule has 0 rings (SSSR count). The number of rotatable bonds is 8. The molecule has 0 fully saturated rings. The molecule has 0 saturated heterocycles.